The second-order valence-corrected chi connectivity index (χ2v) is 7.29. The smallest absolute Gasteiger partial charge is 0.279 e. The Hall–Kier alpha value is -2.99. The summed E-state index contributed by atoms with van der Waals surface area (Å²) < 4.78 is 15.6. The number of nitrogens with zero attached hydrogens (tertiary/aromatic N) is 2. The van der Waals surface area contributed by atoms with Gasteiger partial charge in [0.25, 0.3) is 5.91 Å². The fraction of sp³-hybridized carbons (Fsp3) is 0.304. The third kappa shape index (κ3) is 4.90. The summed E-state index contributed by atoms with van der Waals surface area (Å²) in [4.78, 5) is 12.6. The number of halogens is 1. The van der Waals surface area contributed by atoms with E-state index in [1.807, 2.05) is 32.3 Å². The van der Waals surface area contributed by atoms with Crippen LogP contribution in [0.5, 0.6) is 0 Å². The quantitative estimate of drug-likeness (QED) is 0.646. The van der Waals surface area contributed by atoms with Gasteiger partial charge in [-0.1, -0.05) is 43.3 Å². The molecule has 3 aromatic rings. The van der Waals surface area contributed by atoms with E-state index in [0.717, 1.165) is 34.6 Å². The Bertz CT molecular complexity index is 995. The number of hydrogen-bond acceptors (Lipinski definition) is 2. The minimum Gasteiger partial charge on any atom is -0.328 e. The average Bonchev–Trinajstić information content (AvgIpc) is 2.94. The number of aromatic nitrogens is 2. The normalized spacial score (nSPS) is 12.0. The summed E-state index contributed by atoms with van der Waals surface area (Å²) in [5.41, 5.74) is 5.56. The van der Waals surface area contributed by atoms with Gasteiger partial charge >= 0.3 is 0 Å². The lowest BCUT2D eigenvalue weighted by atomic mass is 9.97. The Kier molecular flexibility index (Phi) is 6.44. The van der Waals surface area contributed by atoms with Crippen LogP contribution in [0, 0.1) is 19.7 Å². The van der Waals surface area contributed by atoms with E-state index in [1.165, 1.54) is 17.7 Å². The van der Waals surface area contributed by atoms with E-state index in [0.29, 0.717) is 0 Å². The standard InChI is InChI=1S/C23H27FN4O/c1-5-17-9-11-18(12-10-17)23(19-7-6-8-20(24)13-19)25-14-21(29)26-22-15(2)27-28(4)16(22)3/h6-13,23,25H,5,14H2,1-4H3,(H,26,29)/p+1/t23-/m1/s1. The molecule has 1 amide bonds. The van der Waals surface area contributed by atoms with Crippen LogP contribution in [0.2, 0.25) is 0 Å². The number of anilines is 1. The van der Waals surface area contributed by atoms with Gasteiger partial charge in [0, 0.05) is 18.2 Å². The molecule has 0 bridgehead atoms. The van der Waals surface area contributed by atoms with Crippen LogP contribution in [0.1, 0.15) is 41.0 Å². The molecule has 1 aromatic heterocycles. The Morgan fingerprint density at radius 3 is 2.48 bits per heavy atom. The number of rotatable bonds is 7. The van der Waals surface area contributed by atoms with Crippen molar-refractivity contribution in [2.24, 2.45) is 7.05 Å². The molecule has 1 heterocycles. The number of aryl methyl sites for hydroxylation is 3. The third-order valence-corrected chi connectivity index (χ3v) is 5.27. The number of carbonyl (C=O) groups excluding carboxylic acids is 1. The molecule has 0 radical (unpaired) electrons. The molecule has 0 saturated heterocycles. The van der Waals surface area contributed by atoms with Gasteiger partial charge in [-0.3, -0.25) is 9.48 Å². The molecule has 152 valence electrons. The molecule has 0 fully saturated rings. The van der Waals surface area contributed by atoms with Gasteiger partial charge in [0.05, 0.1) is 17.1 Å². The Labute approximate surface area is 170 Å². The van der Waals surface area contributed by atoms with Crippen molar-refractivity contribution in [2.75, 3.05) is 11.9 Å². The van der Waals surface area contributed by atoms with Gasteiger partial charge in [-0.25, -0.2) is 4.39 Å². The highest BCUT2D eigenvalue weighted by molar-refractivity contribution is 5.92. The fourth-order valence-corrected chi connectivity index (χ4v) is 3.50. The van der Waals surface area contributed by atoms with Crippen molar-refractivity contribution in [3.05, 3.63) is 82.4 Å². The summed E-state index contributed by atoms with van der Waals surface area (Å²) in [5, 5.41) is 9.23. The number of quaternary nitrogens is 1. The molecule has 29 heavy (non-hydrogen) atoms. The van der Waals surface area contributed by atoms with Gasteiger partial charge in [-0.15, -0.1) is 0 Å². The van der Waals surface area contributed by atoms with Crippen molar-refractivity contribution in [3.63, 3.8) is 0 Å². The molecule has 0 aliphatic rings. The third-order valence-electron chi connectivity index (χ3n) is 5.27. The predicted molar refractivity (Wildman–Crippen MR) is 112 cm³/mol. The molecule has 0 spiro atoms. The van der Waals surface area contributed by atoms with Crippen molar-refractivity contribution < 1.29 is 14.5 Å². The minimum absolute atomic E-state index is 0.115. The van der Waals surface area contributed by atoms with E-state index >= 15 is 0 Å². The van der Waals surface area contributed by atoms with E-state index in [-0.39, 0.29) is 24.3 Å². The lowest BCUT2D eigenvalue weighted by Gasteiger charge is -2.17. The largest absolute Gasteiger partial charge is 0.328 e. The predicted octanol–water partition coefficient (Wildman–Crippen LogP) is 3.03. The highest BCUT2D eigenvalue weighted by atomic mass is 19.1. The summed E-state index contributed by atoms with van der Waals surface area (Å²) in [6, 6.07) is 14.7. The van der Waals surface area contributed by atoms with Crippen LogP contribution in [-0.2, 0) is 18.3 Å². The Balaban J connectivity index is 1.78. The van der Waals surface area contributed by atoms with Crippen LogP contribution < -0.4 is 10.6 Å². The topological polar surface area (TPSA) is 63.5 Å². The number of nitrogens with one attached hydrogen (secondary N) is 1. The van der Waals surface area contributed by atoms with E-state index in [4.69, 9.17) is 0 Å². The van der Waals surface area contributed by atoms with Crippen LogP contribution in [0.15, 0.2) is 48.5 Å². The van der Waals surface area contributed by atoms with Crippen LogP contribution in [0.4, 0.5) is 10.1 Å². The fourth-order valence-electron chi connectivity index (χ4n) is 3.50. The molecule has 0 saturated carbocycles. The highest BCUT2D eigenvalue weighted by Crippen LogP contribution is 2.21. The molecule has 0 unspecified atom stereocenters. The second-order valence-electron chi connectivity index (χ2n) is 7.29. The average molecular weight is 396 g/mol. The number of carbonyl (C=O) groups is 1. The molecular weight excluding hydrogens is 367 g/mol. The zero-order valence-corrected chi connectivity index (χ0v) is 17.4. The van der Waals surface area contributed by atoms with Crippen molar-refractivity contribution in [3.8, 4) is 0 Å². The van der Waals surface area contributed by atoms with Gasteiger partial charge in [0.2, 0.25) is 0 Å². The first-order valence-corrected chi connectivity index (χ1v) is 9.86. The maximum absolute atomic E-state index is 13.8. The van der Waals surface area contributed by atoms with Crippen LogP contribution in [0.3, 0.4) is 0 Å². The summed E-state index contributed by atoms with van der Waals surface area (Å²) in [7, 11) is 1.85. The molecule has 5 nitrogen and oxygen atoms in total. The first-order chi connectivity index (χ1) is 13.9. The van der Waals surface area contributed by atoms with Gasteiger partial charge in [-0.05, 0) is 38.0 Å². The van der Waals surface area contributed by atoms with Crippen molar-refractivity contribution in [1.29, 1.82) is 0 Å². The number of benzene rings is 2. The molecule has 1 atom stereocenters. The molecule has 2 aromatic carbocycles. The molecule has 3 N–H and O–H groups in total. The van der Waals surface area contributed by atoms with Crippen molar-refractivity contribution in [1.82, 2.24) is 9.78 Å². The maximum atomic E-state index is 13.8. The van der Waals surface area contributed by atoms with Gasteiger partial charge in [-0.2, -0.15) is 5.10 Å². The summed E-state index contributed by atoms with van der Waals surface area (Å²) in [5.74, 6) is -0.395. The minimum atomic E-state index is -0.280. The van der Waals surface area contributed by atoms with Crippen LogP contribution >= 0.6 is 0 Å². The van der Waals surface area contributed by atoms with Gasteiger partial charge in [0.1, 0.15) is 11.9 Å². The van der Waals surface area contributed by atoms with Crippen molar-refractivity contribution in [2.45, 2.75) is 33.2 Å². The SMILES string of the molecule is CCc1ccc([C@@H]([NH2+]CC(=O)Nc2c(C)nn(C)c2C)c2cccc(F)c2)cc1. The van der Waals surface area contributed by atoms with Crippen molar-refractivity contribution >= 4 is 11.6 Å². The lowest BCUT2D eigenvalue weighted by molar-refractivity contribution is -0.676. The Morgan fingerprint density at radius 2 is 1.90 bits per heavy atom. The van der Waals surface area contributed by atoms with E-state index < -0.39 is 0 Å². The number of nitrogens with two attached hydrogens (primary N) is 1. The molecular formula is C23H28FN4O+. The number of hydrogen-bond donors (Lipinski definition) is 2. The van der Waals surface area contributed by atoms with Crippen LogP contribution in [0.25, 0.3) is 0 Å². The van der Waals surface area contributed by atoms with Crippen LogP contribution in [-0.4, -0.2) is 22.2 Å². The van der Waals surface area contributed by atoms with Gasteiger partial charge < -0.3 is 10.6 Å². The first-order valence-electron chi connectivity index (χ1n) is 9.86. The Morgan fingerprint density at radius 1 is 1.17 bits per heavy atom. The summed E-state index contributed by atoms with van der Waals surface area (Å²) in [6.45, 7) is 6.11. The molecule has 0 aliphatic heterocycles. The van der Waals surface area contributed by atoms with Gasteiger partial charge in [0.15, 0.2) is 6.54 Å². The molecule has 3 rings (SSSR count). The highest BCUT2D eigenvalue weighted by Gasteiger charge is 2.21. The molecule has 0 aliphatic carbocycles. The first kappa shape index (κ1) is 20.7. The van der Waals surface area contributed by atoms with E-state index in [9.17, 15) is 9.18 Å². The maximum Gasteiger partial charge on any atom is 0.279 e. The monoisotopic (exact) mass is 395 g/mol. The lowest BCUT2D eigenvalue weighted by Crippen LogP contribution is -2.87. The second kappa shape index (κ2) is 9.01. The zero-order chi connectivity index (χ0) is 21.0. The molecule has 6 heteroatoms. The zero-order valence-electron chi connectivity index (χ0n) is 17.4. The number of amides is 1. The van der Waals surface area contributed by atoms with E-state index in [2.05, 4.69) is 41.6 Å². The summed E-state index contributed by atoms with van der Waals surface area (Å²) in [6.07, 6.45) is 0.959. The van der Waals surface area contributed by atoms with E-state index in [1.54, 1.807) is 10.7 Å². The summed E-state index contributed by atoms with van der Waals surface area (Å²) >= 11 is 0.